The van der Waals surface area contributed by atoms with Crippen LogP contribution in [0.1, 0.15) is 34.2 Å². The van der Waals surface area contributed by atoms with Crippen LogP contribution < -0.4 is 10.2 Å². The first-order valence-corrected chi connectivity index (χ1v) is 8.67. The van der Waals surface area contributed by atoms with Gasteiger partial charge in [0.15, 0.2) is 0 Å². The van der Waals surface area contributed by atoms with Gasteiger partial charge in [-0.1, -0.05) is 41.0 Å². The van der Waals surface area contributed by atoms with E-state index in [1.54, 1.807) is 17.0 Å². The molecule has 1 fully saturated rings. The summed E-state index contributed by atoms with van der Waals surface area (Å²) in [5, 5.41) is 10.5. The van der Waals surface area contributed by atoms with Crippen LogP contribution in [0.25, 0.3) is 0 Å². The number of hydrogen-bond donors (Lipinski definition) is 1. The number of aryl methyl sites for hydroxylation is 1. The largest absolute Gasteiger partial charge is 0.407 e. The smallest absolute Gasteiger partial charge is 0.322 e. The lowest BCUT2D eigenvalue weighted by atomic mass is 10.1. The summed E-state index contributed by atoms with van der Waals surface area (Å²) < 4.78 is 5.59. The van der Waals surface area contributed by atoms with Crippen molar-refractivity contribution in [3.05, 3.63) is 71.6 Å². The highest BCUT2D eigenvalue weighted by Crippen LogP contribution is 2.31. The van der Waals surface area contributed by atoms with Gasteiger partial charge in [0.25, 0.3) is 5.91 Å². The summed E-state index contributed by atoms with van der Waals surface area (Å²) >= 11 is 0. The molecule has 7 nitrogen and oxygen atoms in total. The zero-order chi connectivity index (χ0) is 18.8. The fourth-order valence-corrected chi connectivity index (χ4v) is 3.14. The fraction of sp³-hybridized carbons (Fsp3) is 0.200. The van der Waals surface area contributed by atoms with Crippen LogP contribution in [0.4, 0.5) is 11.7 Å². The predicted octanol–water partition coefficient (Wildman–Crippen LogP) is 3.15. The number of benzene rings is 2. The first-order chi connectivity index (χ1) is 13.1. The Morgan fingerprint density at radius 3 is 2.74 bits per heavy atom. The number of nitrogens with zero attached hydrogens (tertiary/aromatic N) is 3. The SMILES string of the molecule is Cc1cccc(C(=O)Nc2nnc(C3CC(=O)N(c4ccccc4)C3)o2)c1. The van der Waals surface area contributed by atoms with E-state index in [9.17, 15) is 9.59 Å². The van der Waals surface area contributed by atoms with Crippen LogP contribution in [0.5, 0.6) is 0 Å². The molecule has 3 aromatic rings. The molecule has 7 heteroatoms. The highest BCUT2D eigenvalue weighted by molar-refractivity contribution is 6.03. The number of aromatic nitrogens is 2. The van der Waals surface area contributed by atoms with Crippen molar-refractivity contribution in [2.45, 2.75) is 19.3 Å². The zero-order valence-electron chi connectivity index (χ0n) is 14.8. The van der Waals surface area contributed by atoms with Crippen LogP contribution in [0.3, 0.4) is 0 Å². The van der Waals surface area contributed by atoms with Gasteiger partial charge in [-0.25, -0.2) is 0 Å². The lowest BCUT2D eigenvalue weighted by Gasteiger charge is -2.15. The van der Waals surface area contributed by atoms with Gasteiger partial charge in [0, 0.05) is 24.2 Å². The van der Waals surface area contributed by atoms with E-state index in [1.165, 1.54) is 0 Å². The van der Waals surface area contributed by atoms with Gasteiger partial charge in [0.05, 0.1) is 5.92 Å². The minimum absolute atomic E-state index is 0.00902. The van der Waals surface area contributed by atoms with Gasteiger partial charge >= 0.3 is 6.01 Å². The van der Waals surface area contributed by atoms with E-state index in [0.29, 0.717) is 24.4 Å². The second kappa shape index (κ2) is 7.03. The molecule has 0 aliphatic carbocycles. The molecule has 136 valence electrons. The minimum atomic E-state index is -0.317. The molecule has 1 N–H and O–H groups in total. The van der Waals surface area contributed by atoms with Crippen LogP contribution in [-0.2, 0) is 4.79 Å². The molecular formula is C20H18N4O3. The maximum absolute atomic E-state index is 12.3. The van der Waals surface area contributed by atoms with Crippen molar-refractivity contribution in [1.82, 2.24) is 10.2 Å². The highest BCUT2D eigenvalue weighted by Gasteiger charge is 2.35. The Balaban J connectivity index is 1.45. The van der Waals surface area contributed by atoms with Crippen molar-refractivity contribution in [1.29, 1.82) is 0 Å². The normalized spacial score (nSPS) is 16.6. The van der Waals surface area contributed by atoms with E-state index < -0.39 is 0 Å². The standard InChI is InChI=1S/C20H18N4O3/c1-13-6-5-7-14(10-13)18(26)21-20-23-22-19(27-20)15-11-17(25)24(12-15)16-8-3-2-4-9-16/h2-10,15H,11-12H2,1H3,(H,21,23,26). The Hall–Kier alpha value is -3.48. The first-order valence-electron chi connectivity index (χ1n) is 8.67. The molecule has 2 heterocycles. The van der Waals surface area contributed by atoms with Crippen LogP contribution in [0.15, 0.2) is 59.0 Å². The van der Waals surface area contributed by atoms with E-state index >= 15 is 0 Å². The summed E-state index contributed by atoms with van der Waals surface area (Å²) in [5.41, 5.74) is 2.35. The van der Waals surface area contributed by atoms with E-state index in [0.717, 1.165) is 11.3 Å². The predicted molar refractivity (Wildman–Crippen MR) is 99.6 cm³/mol. The summed E-state index contributed by atoms with van der Waals surface area (Å²) in [6, 6.07) is 16.7. The molecule has 1 aromatic heterocycles. The van der Waals surface area contributed by atoms with Crippen molar-refractivity contribution in [3.63, 3.8) is 0 Å². The van der Waals surface area contributed by atoms with Crippen LogP contribution in [0.2, 0.25) is 0 Å². The van der Waals surface area contributed by atoms with Crippen LogP contribution in [0, 0.1) is 6.92 Å². The average molecular weight is 362 g/mol. The van der Waals surface area contributed by atoms with E-state index in [-0.39, 0.29) is 23.7 Å². The summed E-state index contributed by atoms with van der Waals surface area (Å²) in [5.74, 6) is -0.159. The second-order valence-electron chi connectivity index (χ2n) is 6.51. The molecule has 0 bridgehead atoms. The number of nitrogens with one attached hydrogen (secondary N) is 1. The van der Waals surface area contributed by atoms with Gasteiger partial charge in [-0.3, -0.25) is 14.9 Å². The van der Waals surface area contributed by atoms with Crippen LogP contribution >= 0.6 is 0 Å². The number of rotatable bonds is 4. The van der Waals surface area contributed by atoms with Crippen molar-refractivity contribution < 1.29 is 14.0 Å². The molecule has 4 rings (SSSR count). The summed E-state index contributed by atoms with van der Waals surface area (Å²) in [6.45, 7) is 2.38. The Morgan fingerprint density at radius 2 is 1.96 bits per heavy atom. The molecule has 1 atom stereocenters. The number of para-hydroxylation sites is 1. The van der Waals surface area contributed by atoms with E-state index in [1.807, 2.05) is 49.4 Å². The Kier molecular flexibility index (Phi) is 4.42. The molecule has 0 saturated carbocycles. The molecule has 1 unspecified atom stereocenters. The van der Waals surface area contributed by atoms with Gasteiger partial charge < -0.3 is 9.32 Å². The molecule has 2 aromatic carbocycles. The lowest BCUT2D eigenvalue weighted by Crippen LogP contribution is -2.24. The van der Waals surface area contributed by atoms with Crippen molar-refractivity contribution in [2.24, 2.45) is 0 Å². The van der Waals surface area contributed by atoms with Gasteiger partial charge in [0.1, 0.15) is 0 Å². The first kappa shape index (κ1) is 17.0. The summed E-state index contributed by atoms with van der Waals surface area (Å²) in [7, 11) is 0. The summed E-state index contributed by atoms with van der Waals surface area (Å²) in [4.78, 5) is 26.3. The Morgan fingerprint density at radius 1 is 1.15 bits per heavy atom. The Labute approximate surface area is 156 Å². The van der Waals surface area contributed by atoms with Crippen molar-refractivity contribution in [3.8, 4) is 0 Å². The maximum Gasteiger partial charge on any atom is 0.322 e. The fourth-order valence-electron chi connectivity index (χ4n) is 3.14. The number of hydrogen-bond acceptors (Lipinski definition) is 5. The molecule has 1 aliphatic rings. The zero-order valence-corrected chi connectivity index (χ0v) is 14.8. The quantitative estimate of drug-likeness (QED) is 0.770. The molecule has 27 heavy (non-hydrogen) atoms. The molecule has 1 aliphatic heterocycles. The maximum atomic E-state index is 12.3. The number of carbonyl (C=O) groups excluding carboxylic acids is 2. The molecule has 0 spiro atoms. The monoisotopic (exact) mass is 362 g/mol. The second-order valence-corrected chi connectivity index (χ2v) is 6.51. The van der Waals surface area contributed by atoms with E-state index in [2.05, 4.69) is 15.5 Å². The molecule has 1 saturated heterocycles. The Bertz CT molecular complexity index is 984. The van der Waals surface area contributed by atoms with Crippen molar-refractivity contribution >= 4 is 23.5 Å². The van der Waals surface area contributed by atoms with E-state index in [4.69, 9.17) is 4.42 Å². The third kappa shape index (κ3) is 3.57. The highest BCUT2D eigenvalue weighted by atomic mass is 16.4. The number of carbonyl (C=O) groups is 2. The van der Waals surface area contributed by atoms with Gasteiger partial charge in [0.2, 0.25) is 11.8 Å². The minimum Gasteiger partial charge on any atom is -0.407 e. The van der Waals surface area contributed by atoms with Crippen molar-refractivity contribution in [2.75, 3.05) is 16.8 Å². The number of anilines is 2. The molecule has 0 radical (unpaired) electrons. The summed E-state index contributed by atoms with van der Waals surface area (Å²) in [6.07, 6.45) is 0.294. The third-order valence-electron chi connectivity index (χ3n) is 4.48. The lowest BCUT2D eigenvalue weighted by molar-refractivity contribution is -0.117. The third-order valence-corrected chi connectivity index (χ3v) is 4.48. The van der Waals surface area contributed by atoms with Gasteiger partial charge in [-0.15, -0.1) is 5.10 Å². The topological polar surface area (TPSA) is 88.3 Å². The average Bonchev–Trinajstić information content (AvgIpc) is 3.29. The van der Waals surface area contributed by atoms with Crippen LogP contribution in [-0.4, -0.2) is 28.6 Å². The molecule has 2 amide bonds. The van der Waals surface area contributed by atoms with Gasteiger partial charge in [-0.2, -0.15) is 0 Å². The molecular weight excluding hydrogens is 344 g/mol. The van der Waals surface area contributed by atoms with Gasteiger partial charge in [-0.05, 0) is 31.2 Å². The number of amides is 2.